The zero-order valence-electron chi connectivity index (χ0n) is 11.9. The molecule has 1 unspecified atom stereocenters. The van der Waals surface area contributed by atoms with Crippen LogP contribution in [-0.4, -0.2) is 17.0 Å². The lowest BCUT2D eigenvalue weighted by atomic mass is 10.3. The maximum atomic E-state index is 12.2. The molecule has 0 aliphatic heterocycles. The Morgan fingerprint density at radius 2 is 2.23 bits per heavy atom. The number of thiazole rings is 1. The molecule has 1 aromatic heterocycles. The molecular weight excluding hydrogens is 343 g/mol. The standard InChI is InChI=1S/C15H14Cl2N2O2S/c1-8(21-12-6-5-9(16)7-10(12)17)14(20)19-15-18-11-3-2-4-13(11)22-15/h5-8H,2-4H2,1H3,(H,18,19,20). The van der Waals surface area contributed by atoms with Crippen molar-refractivity contribution in [3.63, 3.8) is 0 Å². The molecule has 2 aromatic rings. The average molecular weight is 357 g/mol. The molecule has 0 saturated carbocycles. The van der Waals surface area contributed by atoms with Crippen LogP contribution in [0.25, 0.3) is 0 Å². The summed E-state index contributed by atoms with van der Waals surface area (Å²) >= 11 is 13.4. The number of rotatable bonds is 4. The Balaban J connectivity index is 1.63. The number of carbonyl (C=O) groups is 1. The molecule has 0 saturated heterocycles. The molecule has 1 aliphatic carbocycles. The molecule has 3 rings (SSSR count). The first-order valence-electron chi connectivity index (χ1n) is 6.94. The van der Waals surface area contributed by atoms with E-state index in [-0.39, 0.29) is 5.91 Å². The first-order chi connectivity index (χ1) is 10.5. The molecule has 116 valence electrons. The van der Waals surface area contributed by atoms with Gasteiger partial charge in [0.25, 0.3) is 5.91 Å². The zero-order chi connectivity index (χ0) is 15.7. The lowest BCUT2D eigenvalue weighted by Crippen LogP contribution is -2.30. The van der Waals surface area contributed by atoms with Gasteiger partial charge in [-0.25, -0.2) is 4.98 Å². The van der Waals surface area contributed by atoms with Crippen LogP contribution in [0.2, 0.25) is 10.0 Å². The highest BCUT2D eigenvalue weighted by molar-refractivity contribution is 7.15. The normalized spacial score (nSPS) is 14.5. The predicted molar refractivity (Wildman–Crippen MR) is 89.3 cm³/mol. The van der Waals surface area contributed by atoms with Crippen LogP contribution in [0.1, 0.15) is 23.9 Å². The summed E-state index contributed by atoms with van der Waals surface area (Å²) in [5.41, 5.74) is 1.11. The molecule has 7 heteroatoms. The zero-order valence-corrected chi connectivity index (χ0v) is 14.2. The number of fused-ring (bicyclic) bond motifs is 1. The number of hydrogen-bond acceptors (Lipinski definition) is 4. The van der Waals surface area contributed by atoms with Gasteiger partial charge in [0, 0.05) is 9.90 Å². The Morgan fingerprint density at radius 3 is 2.95 bits per heavy atom. The van der Waals surface area contributed by atoms with E-state index in [2.05, 4.69) is 10.3 Å². The van der Waals surface area contributed by atoms with Crippen molar-refractivity contribution in [1.82, 2.24) is 4.98 Å². The van der Waals surface area contributed by atoms with Crippen molar-refractivity contribution >= 4 is 45.6 Å². The smallest absolute Gasteiger partial charge is 0.266 e. The maximum Gasteiger partial charge on any atom is 0.266 e. The fraction of sp³-hybridized carbons (Fsp3) is 0.333. The van der Waals surface area contributed by atoms with E-state index in [9.17, 15) is 4.79 Å². The van der Waals surface area contributed by atoms with Gasteiger partial charge in [0.15, 0.2) is 11.2 Å². The fourth-order valence-corrected chi connectivity index (χ4v) is 3.77. The summed E-state index contributed by atoms with van der Waals surface area (Å²) in [5.74, 6) is 0.175. The third-order valence-electron chi connectivity index (χ3n) is 3.39. The van der Waals surface area contributed by atoms with Crippen LogP contribution in [0.15, 0.2) is 18.2 Å². The molecule has 0 radical (unpaired) electrons. The molecule has 0 spiro atoms. The maximum absolute atomic E-state index is 12.2. The van der Waals surface area contributed by atoms with Crippen molar-refractivity contribution in [2.75, 3.05) is 5.32 Å². The molecule has 1 aromatic carbocycles. The van der Waals surface area contributed by atoms with Gasteiger partial charge in [-0.3, -0.25) is 10.1 Å². The van der Waals surface area contributed by atoms with Gasteiger partial charge in [-0.1, -0.05) is 23.2 Å². The Kier molecular flexibility index (Phi) is 4.57. The molecule has 22 heavy (non-hydrogen) atoms. The minimum atomic E-state index is -0.683. The van der Waals surface area contributed by atoms with Crippen LogP contribution >= 0.6 is 34.5 Å². The quantitative estimate of drug-likeness (QED) is 0.885. The summed E-state index contributed by atoms with van der Waals surface area (Å²) in [6.07, 6.45) is 2.51. The van der Waals surface area contributed by atoms with Crippen LogP contribution in [0.3, 0.4) is 0 Å². The van der Waals surface area contributed by atoms with E-state index < -0.39 is 6.10 Å². The molecule has 0 bridgehead atoms. The molecule has 1 amide bonds. The first kappa shape index (κ1) is 15.6. The lowest BCUT2D eigenvalue weighted by molar-refractivity contribution is -0.122. The fourth-order valence-electron chi connectivity index (χ4n) is 2.27. The summed E-state index contributed by atoms with van der Waals surface area (Å²) in [4.78, 5) is 17.9. The van der Waals surface area contributed by atoms with Crippen molar-refractivity contribution < 1.29 is 9.53 Å². The lowest BCUT2D eigenvalue weighted by Gasteiger charge is -2.14. The minimum absolute atomic E-state index is 0.251. The molecular formula is C15H14Cl2N2O2S. The highest BCUT2D eigenvalue weighted by Crippen LogP contribution is 2.31. The number of nitrogens with zero attached hydrogens (tertiary/aromatic N) is 1. The molecule has 4 nitrogen and oxygen atoms in total. The number of aryl methyl sites for hydroxylation is 2. The summed E-state index contributed by atoms with van der Waals surface area (Å²) < 4.78 is 5.59. The number of anilines is 1. The number of aromatic nitrogens is 1. The monoisotopic (exact) mass is 356 g/mol. The van der Waals surface area contributed by atoms with E-state index in [1.165, 1.54) is 16.2 Å². The van der Waals surface area contributed by atoms with Crippen molar-refractivity contribution in [3.8, 4) is 5.75 Å². The van der Waals surface area contributed by atoms with Crippen molar-refractivity contribution in [1.29, 1.82) is 0 Å². The summed E-state index contributed by atoms with van der Waals surface area (Å²) in [6, 6.07) is 4.89. The Hall–Kier alpha value is -1.30. The number of benzene rings is 1. The van der Waals surface area contributed by atoms with Gasteiger partial charge in [-0.2, -0.15) is 0 Å². The van der Waals surface area contributed by atoms with Crippen LogP contribution in [-0.2, 0) is 17.6 Å². The van der Waals surface area contributed by atoms with E-state index in [0.717, 1.165) is 25.0 Å². The predicted octanol–water partition coefficient (Wildman–Crippen LogP) is 4.34. The van der Waals surface area contributed by atoms with E-state index >= 15 is 0 Å². The van der Waals surface area contributed by atoms with Gasteiger partial charge < -0.3 is 4.74 Å². The molecule has 1 N–H and O–H groups in total. The third kappa shape index (κ3) is 3.37. The Labute approximate surface area is 142 Å². The van der Waals surface area contributed by atoms with Gasteiger partial charge in [0.05, 0.1) is 10.7 Å². The number of hydrogen-bond donors (Lipinski definition) is 1. The highest BCUT2D eigenvalue weighted by Gasteiger charge is 2.21. The van der Waals surface area contributed by atoms with Crippen LogP contribution in [0, 0.1) is 0 Å². The molecule has 0 fully saturated rings. The van der Waals surface area contributed by atoms with E-state index in [1.54, 1.807) is 25.1 Å². The molecule has 1 aliphatic rings. The minimum Gasteiger partial charge on any atom is -0.479 e. The third-order valence-corrected chi connectivity index (χ3v) is 5.00. The van der Waals surface area contributed by atoms with E-state index in [1.807, 2.05) is 0 Å². The highest BCUT2D eigenvalue weighted by atomic mass is 35.5. The largest absolute Gasteiger partial charge is 0.479 e. The summed E-state index contributed by atoms with van der Waals surface area (Å²) in [6.45, 7) is 1.67. The van der Waals surface area contributed by atoms with Crippen LogP contribution in [0.4, 0.5) is 5.13 Å². The topological polar surface area (TPSA) is 51.2 Å². The number of halogens is 2. The van der Waals surface area contributed by atoms with Gasteiger partial charge in [0.2, 0.25) is 0 Å². The van der Waals surface area contributed by atoms with E-state index in [4.69, 9.17) is 27.9 Å². The number of ether oxygens (including phenoxy) is 1. The second-order valence-corrected chi connectivity index (χ2v) is 6.99. The average Bonchev–Trinajstić information content (AvgIpc) is 3.02. The molecule has 1 atom stereocenters. The van der Waals surface area contributed by atoms with Gasteiger partial charge in [0.1, 0.15) is 5.75 Å². The summed E-state index contributed by atoms with van der Waals surface area (Å²) in [7, 11) is 0. The van der Waals surface area contributed by atoms with Crippen LogP contribution in [0.5, 0.6) is 5.75 Å². The number of carbonyl (C=O) groups excluding carboxylic acids is 1. The van der Waals surface area contributed by atoms with Crippen LogP contribution < -0.4 is 10.1 Å². The molecule has 1 heterocycles. The van der Waals surface area contributed by atoms with Crippen molar-refractivity contribution in [2.24, 2.45) is 0 Å². The van der Waals surface area contributed by atoms with Gasteiger partial charge in [-0.15, -0.1) is 11.3 Å². The Bertz CT molecular complexity index is 696. The van der Waals surface area contributed by atoms with Gasteiger partial charge >= 0.3 is 0 Å². The SMILES string of the molecule is CC(Oc1ccc(Cl)cc1Cl)C(=O)Nc1nc2c(s1)CCC2. The van der Waals surface area contributed by atoms with E-state index in [0.29, 0.717) is 20.9 Å². The Morgan fingerprint density at radius 1 is 1.41 bits per heavy atom. The van der Waals surface area contributed by atoms with Crippen molar-refractivity contribution in [3.05, 3.63) is 38.8 Å². The number of nitrogens with one attached hydrogen (secondary N) is 1. The van der Waals surface area contributed by atoms with Gasteiger partial charge in [-0.05, 0) is 44.4 Å². The van der Waals surface area contributed by atoms with Crippen molar-refractivity contribution in [2.45, 2.75) is 32.3 Å². The first-order valence-corrected chi connectivity index (χ1v) is 8.51. The summed E-state index contributed by atoms with van der Waals surface area (Å²) in [5, 5.41) is 4.32. The number of amides is 1. The second-order valence-electron chi connectivity index (χ2n) is 5.07. The second kappa shape index (κ2) is 6.44.